The van der Waals surface area contributed by atoms with Crippen molar-refractivity contribution in [3.8, 4) is 0 Å². The number of rotatable bonds is 2. The van der Waals surface area contributed by atoms with Crippen LogP contribution in [-0.2, 0) is 0 Å². The lowest BCUT2D eigenvalue weighted by Gasteiger charge is -2.09. The molecule has 11 heavy (non-hydrogen) atoms. The molecule has 3 heteroatoms. The van der Waals surface area contributed by atoms with Gasteiger partial charge in [-0.05, 0) is 19.1 Å². The van der Waals surface area contributed by atoms with Crippen molar-refractivity contribution >= 4 is 17.3 Å². The van der Waals surface area contributed by atoms with Gasteiger partial charge in [0.2, 0.25) is 0 Å². The minimum Gasteiger partial charge on any atom is -0.374 e. The van der Waals surface area contributed by atoms with Crippen molar-refractivity contribution in [2.75, 3.05) is 5.32 Å². The van der Waals surface area contributed by atoms with Crippen LogP contribution in [0.5, 0.6) is 0 Å². The molecule has 0 aliphatic heterocycles. The Balaban J connectivity index is 2.78. The Labute approximate surface area is 70.8 Å². The summed E-state index contributed by atoms with van der Waals surface area (Å²) in [4.78, 5) is 0. The predicted molar refractivity (Wildman–Crippen MR) is 46.8 cm³/mol. The van der Waals surface area contributed by atoms with Gasteiger partial charge in [-0.2, -0.15) is 0 Å². The molecule has 1 aromatic carbocycles. The third-order valence-electron chi connectivity index (χ3n) is 1.24. The van der Waals surface area contributed by atoms with Crippen LogP contribution >= 0.6 is 11.6 Å². The molecule has 2 nitrogen and oxygen atoms in total. The van der Waals surface area contributed by atoms with E-state index in [0.717, 1.165) is 5.69 Å². The van der Waals surface area contributed by atoms with Crippen LogP contribution in [0.1, 0.15) is 6.92 Å². The average molecular weight is 172 g/mol. The molecule has 0 saturated heterocycles. The summed E-state index contributed by atoms with van der Waals surface area (Å²) in [7, 11) is 0. The standard InChI is InChI=1S/C8H10ClNO/c1-6(11)10-8-5-3-2-4-7(8)9/h2-6,10-11H,1H3. The molecule has 1 rings (SSSR count). The molecule has 2 N–H and O–H groups in total. The van der Waals surface area contributed by atoms with Crippen LogP contribution < -0.4 is 5.32 Å². The summed E-state index contributed by atoms with van der Waals surface area (Å²) in [6, 6.07) is 7.29. The topological polar surface area (TPSA) is 32.3 Å². The summed E-state index contributed by atoms with van der Waals surface area (Å²) in [6.45, 7) is 1.64. The van der Waals surface area contributed by atoms with Crippen molar-refractivity contribution in [1.29, 1.82) is 0 Å². The van der Waals surface area contributed by atoms with E-state index in [0.29, 0.717) is 5.02 Å². The molecule has 0 spiro atoms. The fourth-order valence-electron chi connectivity index (χ4n) is 0.803. The number of halogens is 1. The van der Waals surface area contributed by atoms with E-state index >= 15 is 0 Å². The summed E-state index contributed by atoms with van der Waals surface area (Å²) in [5.41, 5.74) is 0.754. The number of benzene rings is 1. The number of anilines is 1. The highest BCUT2D eigenvalue weighted by molar-refractivity contribution is 6.33. The molecule has 0 radical (unpaired) electrons. The van der Waals surface area contributed by atoms with Crippen molar-refractivity contribution in [3.63, 3.8) is 0 Å². The van der Waals surface area contributed by atoms with E-state index in [1.165, 1.54) is 0 Å². The van der Waals surface area contributed by atoms with Gasteiger partial charge in [0, 0.05) is 0 Å². The minimum atomic E-state index is -0.574. The van der Waals surface area contributed by atoms with Gasteiger partial charge in [0.25, 0.3) is 0 Å². The number of aliphatic hydroxyl groups is 1. The van der Waals surface area contributed by atoms with Crippen LogP contribution in [0, 0.1) is 0 Å². The number of hydrogen-bond acceptors (Lipinski definition) is 2. The van der Waals surface area contributed by atoms with Gasteiger partial charge in [-0.3, -0.25) is 0 Å². The number of aliphatic hydroxyl groups excluding tert-OH is 1. The minimum absolute atomic E-state index is 0.574. The molecule has 1 aromatic rings. The highest BCUT2D eigenvalue weighted by Gasteiger charge is 1.99. The SMILES string of the molecule is CC(O)Nc1ccccc1Cl. The molecule has 0 aliphatic rings. The molecular formula is C8H10ClNO. The zero-order valence-electron chi connectivity index (χ0n) is 6.21. The van der Waals surface area contributed by atoms with Crippen LogP contribution in [-0.4, -0.2) is 11.3 Å². The van der Waals surface area contributed by atoms with Crippen LogP contribution in [0.25, 0.3) is 0 Å². The first-order valence-electron chi connectivity index (χ1n) is 3.39. The van der Waals surface area contributed by atoms with E-state index in [4.69, 9.17) is 16.7 Å². The first-order valence-corrected chi connectivity index (χ1v) is 3.77. The normalized spacial score (nSPS) is 12.6. The van der Waals surface area contributed by atoms with Crippen molar-refractivity contribution in [3.05, 3.63) is 29.3 Å². The van der Waals surface area contributed by atoms with Crippen LogP contribution in [0.4, 0.5) is 5.69 Å². The lowest BCUT2D eigenvalue weighted by atomic mass is 10.3. The predicted octanol–water partition coefficient (Wildman–Crippen LogP) is 2.09. The second-order valence-corrected chi connectivity index (χ2v) is 2.71. The quantitative estimate of drug-likeness (QED) is 0.668. The smallest absolute Gasteiger partial charge is 0.121 e. The zero-order valence-corrected chi connectivity index (χ0v) is 6.97. The third kappa shape index (κ3) is 2.41. The molecule has 0 heterocycles. The Kier molecular flexibility index (Phi) is 2.74. The van der Waals surface area contributed by atoms with Gasteiger partial charge in [0.15, 0.2) is 0 Å². The molecule has 0 amide bonds. The Bertz CT molecular complexity index is 237. The molecule has 60 valence electrons. The molecule has 0 fully saturated rings. The largest absolute Gasteiger partial charge is 0.374 e. The first kappa shape index (κ1) is 8.37. The Hall–Kier alpha value is -0.730. The lowest BCUT2D eigenvalue weighted by Crippen LogP contribution is -2.13. The van der Waals surface area contributed by atoms with Crippen LogP contribution in [0.3, 0.4) is 0 Å². The Morgan fingerprint density at radius 1 is 1.45 bits per heavy atom. The highest BCUT2D eigenvalue weighted by Crippen LogP contribution is 2.20. The van der Waals surface area contributed by atoms with Crippen molar-refractivity contribution in [2.45, 2.75) is 13.2 Å². The van der Waals surface area contributed by atoms with E-state index in [9.17, 15) is 0 Å². The van der Waals surface area contributed by atoms with E-state index in [1.54, 1.807) is 13.0 Å². The molecule has 0 saturated carbocycles. The van der Waals surface area contributed by atoms with E-state index in [-0.39, 0.29) is 0 Å². The fourth-order valence-corrected chi connectivity index (χ4v) is 0.994. The summed E-state index contributed by atoms with van der Waals surface area (Å²) < 4.78 is 0. The molecule has 0 aromatic heterocycles. The molecule has 1 unspecified atom stereocenters. The van der Waals surface area contributed by atoms with Gasteiger partial charge in [0.1, 0.15) is 6.23 Å². The summed E-state index contributed by atoms with van der Waals surface area (Å²) in [5.74, 6) is 0. The maximum Gasteiger partial charge on any atom is 0.121 e. The van der Waals surface area contributed by atoms with Gasteiger partial charge >= 0.3 is 0 Å². The summed E-state index contributed by atoms with van der Waals surface area (Å²) >= 11 is 5.79. The van der Waals surface area contributed by atoms with Gasteiger partial charge in [0.05, 0.1) is 10.7 Å². The molecule has 0 aliphatic carbocycles. The highest BCUT2D eigenvalue weighted by atomic mass is 35.5. The maximum atomic E-state index is 8.96. The van der Waals surface area contributed by atoms with Crippen molar-refractivity contribution in [2.24, 2.45) is 0 Å². The lowest BCUT2D eigenvalue weighted by molar-refractivity contribution is 0.224. The molecule has 1 atom stereocenters. The Morgan fingerprint density at radius 2 is 2.09 bits per heavy atom. The third-order valence-corrected chi connectivity index (χ3v) is 1.57. The summed E-state index contributed by atoms with van der Waals surface area (Å²) in [5, 5.41) is 12.4. The number of hydrogen-bond donors (Lipinski definition) is 2. The fraction of sp³-hybridized carbons (Fsp3) is 0.250. The second kappa shape index (κ2) is 3.60. The maximum absolute atomic E-state index is 8.96. The van der Waals surface area contributed by atoms with E-state index in [1.807, 2.05) is 18.2 Å². The van der Waals surface area contributed by atoms with Gasteiger partial charge < -0.3 is 10.4 Å². The van der Waals surface area contributed by atoms with Gasteiger partial charge in [-0.25, -0.2) is 0 Å². The van der Waals surface area contributed by atoms with E-state index in [2.05, 4.69) is 5.32 Å². The number of para-hydroxylation sites is 1. The number of nitrogens with one attached hydrogen (secondary N) is 1. The first-order chi connectivity index (χ1) is 5.20. The summed E-state index contributed by atoms with van der Waals surface area (Å²) in [6.07, 6.45) is -0.574. The Morgan fingerprint density at radius 3 is 2.64 bits per heavy atom. The molecular weight excluding hydrogens is 162 g/mol. The average Bonchev–Trinajstić information content (AvgIpc) is 1.93. The van der Waals surface area contributed by atoms with Crippen LogP contribution in [0.15, 0.2) is 24.3 Å². The van der Waals surface area contributed by atoms with E-state index < -0.39 is 6.23 Å². The van der Waals surface area contributed by atoms with Crippen molar-refractivity contribution < 1.29 is 5.11 Å². The van der Waals surface area contributed by atoms with Gasteiger partial charge in [-0.15, -0.1) is 0 Å². The van der Waals surface area contributed by atoms with Crippen molar-refractivity contribution in [1.82, 2.24) is 0 Å². The molecule has 0 bridgehead atoms. The second-order valence-electron chi connectivity index (χ2n) is 2.30. The zero-order chi connectivity index (χ0) is 8.27. The van der Waals surface area contributed by atoms with Gasteiger partial charge in [-0.1, -0.05) is 23.7 Å². The monoisotopic (exact) mass is 171 g/mol. The van der Waals surface area contributed by atoms with Crippen LogP contribution in [0.2, 0.25) is 5.02 Å².